The van der Waals surface area contributed by atoms with Gasteiger partial charge in [0.05, 0.1) is 22.1 Å². The Labute approximate surface area is 222 Å². The standard InChI is InChI=1S/C26H25BrClN5O3/c1-14-12-29-25(26(4,5)35)32-22(14)17-9-10-19(28)20(11-17)33-16(3)31-23(21(27)24(33)34)36-13-18-8-6-7-15(2)30-18/h6-12,35H,13H2,1-5H3. The number of hydrogen-bond acceptors (Lipinski definition) is 7. The van der Waals surface area contributed by atoms with Crippen molar-refractivity contribution >= 4 is 27.5 Å². The van der Waals surface area contributed by atoms with Crippen LogP contribution in [-0.4, -0.2) is 29.6 Å². The number of nitrogens with zero attached hydrogens (tertiary/aromatic N) is 5. The van der Waals surface area contributed by atoms with E-state index in [0.717, 1.165) is 17.0 Å². The Morgan fingerprint density at radius 3 is 2.56 bits per heavy atom. The molecule has 10 heteroatoms. The van der Waals surface area contributed by atoms with Crippen LogP contribution in [0.5, 0.6) is 5.88 Å². The van der Waals surface area contributed by atoms with Crippen LogP contribution in [-0.2, 0) is 12.2 Å². The Morgan fingerprint density at radius 2 is 1.86 bits per heavy atom. The van der Waals surface area contributed by atoms with E-state index in [1.165, 1.54) is 4.57 Å². The average molecular weight is 571 g/mol. The third-order valence-corrected chi connectivity index (χ3v) is 6.45. The summed E-state index contributed by atoms with van der Waals surface area (Å²) < 4.78 is 7.40. The number of aromatic nitrogens is 5. The molecule has 0 fully saturated rings. The highest BCUT2D eigenvalue weighted by molar-refractivity contribution is 9.10. The second-order valence-electron chi connectivity index (χ2n) is 8.93. The van der Waals surface area contributed by atoms with E-state index in [9.17, 15) is 9.90 Å². The summed E-state index contributed by atoms with van der Waals surface area (Å²) in [6.45, 7) is 8.90. The third-order valence-electron chi connectivity index (χ3n) is 5.45. The molecule has 0 bridgehead atoms. The molecule has 1 N–H and O–H groups in total. The molecule has 0 saturated carbocycles. The van der Waals surface area contributed by atoms with Gasteiger partial charge in [-0.3, -0.25) is 14.3 Å². The minimum atomic E-state index is -1.20. The Balaban J connectivity index is 1.75. The first-order chi connectivity index (χ1) is 17.0. The van der Waals surface area contributed by atoms with Crippen molar-refractivity contribution in [2.45, 2.75) is 46.8 Å². The molecule has 0 aliphatic heterocycles. The fourth-order valence-corrected chi connectivity index (χ4v) is 4.23. The summed E-state index contributed by atoms with van der Waals surface area (Å²) in [5.74, 6) is 0.860. The topological polar surface area (TPSA) is 103 Å². The number of aryl methyl sites for hydroxylation is 3. The van der Waals surface area contributed by atoms with Gasteiger partial charge >= 0.3 is 0 Å². The molecule has 0 unspecified atom stereocenters. The summed E-state index contributed by atoms with van der Waals surface area (Å²) in [5.41, 5.74) is 2.63. The number of pyridine rings is 1. The minimum absolute atomic E-state index is 0.170. The molecular weight excluding hydrogens is 546 g/mol. The zero-order valence-electron chi connectivity index (χ0n) is 20.5. The van der Waals surface area contributed by atoms with Crippen LogP contribution in [0.4, 0.5) is 0 Å². The van der Waals surface area contributed by atoms with E-state index < -0.39 is 5.60 Å². The van der Waals surface area contributed by atoms with Crippen molar-refractivity contribution in [3.63, 3.8) is 0 Å². The zero-order chi connectivity index (χ0) is 26.2. The highest BCUT2D eigenvalue weighted by Gasteiger charge is 2.22. The lowest BCUT2D eigenvalue weighted by atomic mass is 10.0. The van der Waals surface area contributed by atoms with Crippen LogP contribution < -0.4 is 10.3 Å². The van der Waals surface area contributed by atoms with Gasteiger partial charge in [0.15, 0.2) is 5.82 Å². The van der Waals surface area contributed by atoms with Gasteiger partial charge in [0.2, 0.25) is 5.88 Å². The van der Waals surface area contributed by atoms with E-state index in [0.29, 0.717) is 33.6 Å². The van der Waals surface area contributed by atoms with E-state index in [-0.39, 0.29) is 22.5 Å². The van der Waals surface area contributed by atoms with E-state index in [1.54, 1.807) is 39.1 Å². The SMILES string of the molecule is Cc1cccc(COc2nc(C)n(-c3cc(-c4nc(C(C)(C)O)ncc4C)ccc3Cl)c(=O)c2Br)n1. The fraction of sp³-hybridized carbons (Fsp3) is 0.269. The van der Waals surface area contributed by atoms with Gasteiger partial charge in [-0.1, -0.05) is 23.7 Å². The van der Waals surface area contributed by atoms with Gasteiger partial charge in [0.25, 0.3) is 5.56 Å². The molecule has 0 aliphatic carbocycles. The predicted octanol–water partition coefficient (Wildman–Crippen LogP) is 5.23. The van der Waals surface area contributed by atoms with Crippen molar-refractivity contribution in [1.29, 1.82) is 0 Å². The highest BCUT2D eigenvalue weighted by Crippen LogP contribution is 2.31. The lowest BCUT2D eigenvalue weighted by Gasteiger charge is -2.18. The summed E-state index contributed by atoms with van der Waals surface area (Å²) in [5, 5.41) is 10.7. The quantitative estimate of drug-likeness (QED) is 0.338. The third kappa shape index (κ3) is 5.33. The smallest absolute Gasteiger partial charge is 0.276 e. The van der Waals surface area contributed by atoms with E-state index >= 15 is 0 Å². The van der Waals surface area contributed by atoms with E-state index in [4.69, 9.17) is 16.3 Å². The molecule has 0 atom stereocenters. The monoisotopic (exact) mass is 569 g/mol. The fourth-order valence-electron chi connectivity index (χ4n) is 3.64. The normalized spacial score (nSPS) is 11.6. The van der Waals surface area contributed by atoms with Gasteiger partial charge < -0.3 is 9.84 Å². The molecule has 0 radical (unpaired) electrons. The number of benzene rings is 1. The molecule has 4 aromatic rings. The highest BCUT2D eigenvalue weighted by atomic mass is 79.9. The zero-order valence-corrected chi connectivity index (χ0v) is 22.8. The van der Waals surface area contributed by atoms with E-state index in [1.807, 2.05) is 38.1 Å². The Hall–Kier alpha value is -3.14. The van der Waals surface area contributed by atoms with Crippen LogP contribution in [0.25, 0.3) is 16.9 Å². The maximum absolute atomic E-state index is 13.4. The first kappa shape index (κ1) is 25.9. The van der Waals surface area contributed by atoms with Gasteiger partial charge in [-0.05, 0) is 80.4 Å². The number of hydrogen-bond donors (Lipinski definition) is 1. The van der Waals surface area contributed by atoms with Crippen LogP contribution in [0, 0.1) is 20.8 Å². The molecule has 3 heterocycles. The van der Waals surface area contributed by atoms with Crippen molar-refractivity contribution in [3.8, 4) is 22.8 Å². The van der Waals surface area contributed by atoms with Crippen molar-refractivity contribution < 1.29 is 9.84 Å². The van der Waals surface area contributed by atoms with Crippen LogP contribution in [0.3, 0.4) is 0 Å². The number of rotatable bonds is 6. The lowest BCUT2D eigenvalue weighted by molar-refractivity contribution is 0.0688. The first-order valence-corrected chi connectivity index (χ1v) is 12.3. The summed E-state index contributed by atoms with van der Waals surface area (Å²) >= 11 is 9.89. The number of halogens is 2. The Kier molecular flexibility index (Phi) is 7.26. The minimum Gasteiger partial charge on any atom is -0.470 e. The second kappa shape index (κ2) is 10.1. The number of ether oxygens (including phenoxy) is 1. The maximum atomic E-state index is 13.4. The summed E-state index contributed by atoms with van der Waals surface area (Å²) in [4.78, 5) is 31.1. The number of aliphatic hydroxyl groups is 1. The Bertz CT molecular complexity index is 1510. The molecule has 1 aromatic carbocycles. The van der Waals surface area contributed by atoms with E-state index in [2.05, 4.69) is 35.9 Å². The van der Waals surface area contributed by atoms with Crippen molar-refractivity contribution in [1.82, 2.24) is 24.5 Å². The average Bonchev–Trinajstić information content (AvgIpc) is 2.81. The van der Waals surface area contributed by atoms with Crippen molar-refractivity contribution in [2.75, 3.05) is 0 Å². The molecule has 3 aromatic heterocycles. The van der Waals surface area contributed by atoms with Crippen molar-refractivity contribution in [2.24, 2.45) is 0 Å². The van der Waals surface area contributed by atoms with Gasteiger partial charge in [0.1, 0.15) is 22.5 Å². The molecule has 186 valence electrons. The molecular formula is C26H25BrClN5O3. The van der Waals surface area contributed by atoms with Crippen LogP contribution in [0.15, 0.2) is 51.9 Å². The largest absolute Gasteiger partial charge is 0.470 e. The van der Waals surface area contributed by atoms with Gasteiger partial charge in [-0.15, -0.1) is 0 Å². The summed E-state index contributed by atoms with van der Waals surface area (Å²) in [6.07, 6.45) is 1.66. The van der Waals surface area contributed by atoms with Crippen LogP contribution in [0.1, 0.15) is 42.4 Å². The lowest BCUT2D eigenvalue weighted by Crippen LogP contribution is -2.24. The second-order valence-corrected chi connectivity index (χ2v) is 10.1. The molecule has 0 saturated heterocycles. The summed E-state index contributed by atoms with van der Waals surface area (Å²) in [7, 11) is 0. The Morgan fingerprint density at radius 1 is 1.11 bits per heavy atom. The van der Waals surface area contributed by atoms with Crippen LogP contribution >= 0.6 is 27.5 Å². The molecule has 36 heavy (non-hydrogen) atoms. The van der Waals surface area contributed by atoms with Gasteiger partial charge in [-0.2, -0.15) is 4.98 Å². The maximum Gasteiger partial charge on any atom is 0.276 e. The molecule has 8 nitrogen and oxygen atoms in total. The molecule has 0 spiro atoms. The molecule has 4 rings (SSSR count). The predicted molar refractivity (Wildman–Crippen MR) is 142 cm³/mol. The first-order valence-electron chi connectivity index (χ1n) is 11.2. The summed E-state index contributed by atoms with van der Waals surface area (Å²) in [6, 6.07) is 10.9. The molecule has 0 amide bonds. The van der Waals surface area contributed by atoms with Gasteiger partial charge in [0, 0.05) is 17.5 Å². The molecule has 0 aliphatic rings. The van der Waals surface area contributed by atoms with Gasteiger partial charge in [-0.25, -0.2) is 9.97 Å². The van der Waals surface area contributed by atoms with Crippen molar-refractivity contribution in [3.05, 3.63) is 91.0 Å². The van der Waals surface area contributed by atoms with Crippen LogP contribution in [0.2, 0.25) is 5.02 Å².